The van der Waals surface area contributed by atoms with E-state index in [2.05, 4.69) is 30.6 Å². The Kier molecular flexibility index (Phi) is 14.0. The third kappa shape index (κ3) is 11.4. The van der Waals surface area contributed by atoms with E-state index in [1.54, 1.807) is 34.1 Å². The van der Waals surface area contributed by atoms with Crippen molar-refractivity contribution in [3.8, 4) is 0 Å². The summed E-state index contributed by atoms with van der Waals surface area (Å²) in [7, 11) is 0. The van der Waals surface area contributed by atoms with E-state index in [0.717, 1.165) is 58.6 Å². The molecule has 0 radical (unpaired) electrons. The van der Waals surface area contributed by atoms with Crippen LogP contribution in [-0.2, 0) is 9.47 Å². The molecule has 12 nitrogen and oxygen atoms in total. The summed E-state index contributed by atoms with van der Waals surface area (Å²) in [6, 6.07) is 21.5. The second-order valence-electron chi connectivity index (χ2n) is 18.0. The lowest BCUT2D eigenvalue weighted by molar-refractivity contribution is 0.0188. The number of amides is 2. The second kappa shape index (κ2) is 19.5. The molecule has 0 bridgehead atoms. The van der Waals surface area contributed by atoms with Crippen LogP contribution in [0, 0.1) is 11.6 Å². The lowest BCUT2D eigenvalue weighted by Gasteiger charge is -2.34. The molecule has 2 aliphatic rings. The average molecular weight is 914 g/mol. The number of nitrogens with one attached hydrogen (secondary N) is 2. The van der Waals surface area contributed by atoms with E-state index >= 15 is 0 Å². The number of rotatable bonds is 6. The zero-order valence-electron chi connectivity index (χ0n) is 36.7. The summed E-state index contributed by atoms with van der Waals surface area (Å²) in [5.74, 6) is 0.263. The van der Waals surface area contributed by atoms with E-state index in [9.17, 15) is 18.4 Å². The molecule has 4 heterocycles. The van der Waals surface area contributed by atoms with Gasteiger partial charge in [-0.15, -0.1) is 0 Å². The van der Waals surface area contributed by atoms with Gasteiger partial charge in [0.1, 0.15) is 35.5 Å². The maximum absolute atomic E-state index is 14.4. The molecule has 2 atom stereocenters. The molecule has 1 unspecified atom stereocenters. The number of hydrogen-bond donors (Lipinski definition) is 2. The number of halogens is 4. The Hall–Kier alpha value is -5.86. The third-order valence-electron chi connectivity index (χ3n) is 10.8. The number of nitrogens with zero attached hydrogens (tertiary/aromatic N) is 6. The summed E-state index contributed by atoms with van der Waals surface area (Å²) in [5.41, 5.74) is 3.08. The van der Waals surface area contributed by atoms with Gasteiger partial charge in [-0.1, -0.05) is 47.5 Å². The van der Waals surface area contributed by atoms with Gasteiger partial charge in [0.15, 0.2) is 11.6 Å². The van der Waals surface area contributed by atoms with E-state index in [0.29, 0.717) is 37.8 Å². The molecule has 2 N–H and O–H groups in total. The minimum Gasteiger partial charge on any atom is -0.444 e. The lowest BCUT2D eigenvalue weighted by Crippen LogP contribution is -2.42. The lowest BCUT2D eigenvalue weighted by atomic mass is 9.90. The molecule has 8 rings (SSSR count). The third-order valence-corrected chi connectivity index (χ3v) is 11.4. The van der Waals surface area contributed by atoms with Gasteiger partial charge in [-0.25, -0.2) is 38.3 Å². The Balaban J connectivity index is 0.000000191. The first kappa shape index (κ1) is 46.1. The van der Waals surface area contributed by atoms with Gasteiger partial charge < -0.3 is 29.9 Å². The number of piperidine rings is 2. The Morgan fingerprint density at radius 1 is 0.625 bits per heavy atom. The summed E-state index contributed by atoms with van der Waals surface area (Å²) in [5, 5.41) is 7.72. The van der Waals surface area contributed by atoms with Crippen LogP contribution in [0.15, 0.2) is 85.5 Å². The number of aromatic nitrogens is 4. The number of fused-ring (bicyclic) bond motifs is 2. The smallest absolute Gasteiger partial charge is 0.410 e. The van der Waals surface area contributed by atoms with Crippen LogP contribution in [0.5, 0.6) is 0 Å². The molecule has 2 saturated heterocycles. The topological polar surface area (TPSA) is 135 Å². The molecule has 0 spiro atoms. The van der Waals surface area contributed by atoms with Crippen LogP contribution in [0.25, 0.3) is 21.8 Å². The van der Waals surface area contributed by atoms with E-state index in [1.807, 2.05) is 77.9 Å². The molecule has 64 heavy (non-hydrogen) atoms. The van der Waals surface area contributed by atoms with Crippen molar-refractivity contribution in [2.45, 2.75) is 90.3 Å². The minimum atomic E-state index is -0.530. The summed E-state index contributed by atoms with van der Waals surface area (Å²) in [4.78, 5) is 46.0. The molecule has 0 saturated carbocycles. The summed E-state index contributed by atoms with van der Waals surface area (Å²) in [6.45, 7) is 13.7. The number of benzene rings is 4. The second-order valence-corrected chi connectivity index (χ2v) is 18.8. The predicted octanol–water partition coefficient (Wildman–Crippen LogP) is 12.6. The molecule has 16 heteroatoms. The molecule has 0 aliphatic carbocycles. The molecular formula is C48H52Cl2F2N8O4. The van der Waals surface area contributed by atoms with Crippen LogP contribution < -0.4 is 10.6 Å². The first-order valence-electron chi connectivity index (χ1n) is 21.3. The van der Waals surface area contributed by atoms with Crippen LogP contribution >= 0.6 is 23.2 Å². The van der Waals surface area contributed by atoms with E-state index in [4.69, 9.17) is 32.7 Å². The highest BCUT2D eigenvalue weighted by Crippen LogP contribution is 2.35. The Labute approximate surface area is 381 Å². The van der Waals surface area contributed by atoms with Crippen molar-refractivity contribution in [2.75, 3.05) is 36.8 Å². The van der Waals surface area contributed by atoms with Crippen LogP contribution in [0.4, 0.5) is 41.4 Å². The van der Waals surface area contributed by atoms with Gasteiger partial charge in [0, 0.05) is 48.8 Å². The van der Waals surface area contributed by atoms with Crippen molar-refractivity contribution < 1.29 is 27.8 Å². The monoisotopic (exact) mass is 912 g/mol. The molecular weight excluding hydrogens is 861 g/mol. The van der Waals surface area contributed by atoms with Crippen LogP contribution in [0.2, 0.25) is 10.0 Å². The fourth-order valence-corrected chi connectivity index (χ4v) is 8.14. The number of anilines is 4. The highest BCUT2D eigenvalue weighted by atomic mass is 35.5. The zero-order valence-corrected chi connectivity index (χ0v) is 38.2. The molecule has 4 aromatic carbocycles. The van der Waals surface area contributed by atoms with Crippen LogP contribution in [0.1, 0.15) is 90.2 Å². The van der Waals surface area contributed by atoms with Crippen molar-refractivity contribution in [2.24, 2.45) is 0 Å². The highest BCUT2D eigenvalue weighted by Gasteiger charge is 2.30. The average Bonchev–Trinajstić information content (AvgIpc) is 3.26. The molecule has 2 aliphatic heterocycles. The summed E-state index contributed by atoms with van der Waals surface area (Å²) < 4.78 is 39.9. The number of carbonyl (C=O) groups excluding carboxylic acids is 2. The maximum Gasteiger partial charge on any atom is 0.410 e. The standard InChI is InChI=1S/2C24H26ClFN4O2/c2*1-24(2,3)32-23(31)30-11-5-6-16(13-30)15-9-10-19-17(12-15)22(28-14-27-19)29-20-8-4-7-18(25)21(20)26/h2*4,7-10,12,14,16H,5-6,11,13H2,1-3H3,(H,27,28,29)/t16-;/m1./s1. The molecule has 2 amide bonds. The molecule has 2 fully saturated rings. The van der Waals surface area contributed by atoms with E-state index < -0.39 is 22.8 Å². The maximum atomic E-state index is 14.4. The summed E-state index contributed by atoms with van der Waals surface area (Å²) >= 11 is 11.8. The van der Waals surface area contributed by atoms with Crippen LogP contribution in [-0.4, -0.2) is 79.3 Å². The van der Waals surface area contributed by atoms with Gasteiger partial charge in [0.05, 0.1) is 32.5 Å². The Morgan fingerprint density at radius 3 is 1.42 bits per heavy atom. The van der Waals surface area contributed by atoms with Crippen molar-refractivity contribution in [3.05, 3.63) is 118 Å². The fraction of sp³-hybridized carbons (Fsp3) is 0.375. The van der Waals surface area contributed by atoms with Gasteiger partial charge in [0.25, 0.3) is 0 Å². The van der Waals surface area contributed by atoms with Crippen molar-refractivity contribution in [1.29, 1.82) is 0 Å². The Morgan fingerprint density at radius 2 is 1.03 bits per heavy atom. The number of ether oxygens (including phenoxy) is 2. The molecule has 6 aromatic rings. The molecule has 2 aromatic heterocycles. The van der Waals surface area contributed by atoms with Gasteiger partial charge in [-0.05, 0) is 127 Å². The van der Waals surface area contributed by atoms with Gasteiger partial charge in [-0.2, -0.15) is 0 Å². The van der Waals surface area contributed by atoms with Gasteiger partial charge in [-0.3, -0.25) is 0 Å². The van der Waals surface area contributed by atoms with Gasteiger partial charge >= 0.3 is 12.2 Å². The minimum absolute atomic E-state index is 0.0403. The van der Waals surface area contributed by atoms with Crippen molar-refractivity contribution >= 4 is 80.2 Å². The van der Waals surface area contributed by atoms with Crippen LogP contribution in [0.3, 0.4) is 0 Å². The number of hydrogen-bond acceptors (Lipinski definition) is 10. The number of likely N-dealkylation sites (tertiary alicyclic amines) is 2. The van der Waals surface area contributed by atoms with Crippen molar-refractivity contribution in [3.63, 3.8) is 0 Å². The van der Waals surface area contributed by atoms with Crippen molar-refractivity contribution in [1.82, 2.24) is 29.7 Å². The predicted molar refractivity (Wildman–Crippen MR) is 248 cm³/mol. The first-order chi connectivity index (χ1) is 30.4. The first-order valence-corrected chi connectivity index (χ1v) is 22.1. The largest absolute Gasteiger partial charge is 0.444 e. The SMILES string of the molecule is CC(C)(C)OC(=O)N1CCCC(c2ccc3ncnc(Nc4cccc(Cl)c4F)c3c2)C1.CC(C)(C)OC(=O)N1CCC[C@@H](c2ccc3ncnc(Nc4cccc(Cl)c4F)c3c2)C1. The molecule has 336 valence electrons. The number of carbonyl (C=O) groups is 2. The fourth-order valence-electron chi connectivity index (χ4n) is 7.79. The van der Waals surface area contributed by atoms with Gasteiger partial charge in [0.2, 0.25) is 0 Å². The quantitative estimate of drug-likeness (QED) is 0.166. The van der Waals surface area contributed by atoms with E-state index in [1.165, 1.54) is 24.8 Å². The summed E-state index contributed by atoms with van der Waals surface area (Å²) in [6.07, 6.45) is 6.03. The highest BCUT2D eigenvalue weighted by molar-refractivity contribution is 6.31. The zero-order chi connectivity index (χ0) is 45.8. The Bertz CT molecular complexity index is 2480. The van der Waals surface area contributed by atoms with E-state index in [-0.39, 0.29) is 45.4 Å². The normalized spacial score (nSPS) is 16.8.